The van der Waals surface area contributed by atoms with Gasteiger partial charge in [0, 0.05) is 13.0 Å². The van der Waals surface area contributed by atoms with Gasteiger partial charge in [0.05, 0.1) is 0 Å². The zero-order valence-electron chi connectivity index (χ0n) is 8.82. The largest absolute Gasteiger partial charge is 0.368 e. The summed E-state index contributed by atoms with van der Waals surface area (Å²) in [7, 11) is 0. The van der Waals surface area contributed by atoms with Crippen LogP contribution in [0.4, 0.5) is 5.82 Å². The number of hydrogen-bond donors (Lipinski definition) is 2. The van der Waals surface area contributed by atoms with Crippen LogP contribution in [0.3, 0.4) is 0 Å². The molecule has 0 aliphatic carbocycles. The first-order valence-electron chi connectivity index (χ1n) is 4.89. The Hall–Kier alpha value is -2.29. The molecule has 0 fully saturated rings. The van der Waals surface area contributed by atoms with Crippen LogP contribution in [-0.2, 0) is 0 Å². The van der Waals surface area contributed by atoms with Gasteiger partial charge in [-0.05, 0) is 19.1 Å². The Kier molecular flexibility index (Phi) is 2.87. The van der Waals surface area contributed by atoms with E-state index in [1.54, 1.807) is 19.1 Å². The molecule has 0 saturated heterocycles. The van der Waals surface area contributed by atoms with Crippen LogP contribution in [0.25, 0.3) is 5.65 Å². The highest BCUT2D eigenvalue weighted by molar-refractivity contribution is 5.42. The van der Waals surface area contributed by atoms with Crippen LogP contribution in [-0.4, -0.2) is 26.4 Å². The number of nitrogens with zero attached hydrogens (tertiary/aromatic N) is 3. The average Bonchev–Trinajstić information content (AvgIpc) is 2.67. The third-order valence-electron chi connectivity index (χ3n) is 2.01. The first-order valence-corrected chi connectivity index (χ1v) is 4.89. The number of fused-ring (bicyclic) bond motifs is 1. The number of nitrogens with one attached hydrogen (secondary N) is 2. The van der Waals surface area contributed by atoms with Gasteiger partial charge < -0.3 is 5.32 Å². The summed E-state index contributed by atoms with van der Waals surface area (Å²) in [6, 6.07) is 3.49. The first-order chi connectivity index (χ1) is 7.81. The summed E-state index contributed by atoms with van der Waals surface area (Å²) in [6.07, 6.45) is 0.747. The van der Waals surface area contributed by atoms with E-state index in [1.165, 1.54) is 4.52 Å². The number of hydrogen-bond acceptors (Lipinski definition) is 4. The van der Waals surface area contributed by atoms with Crippen molar-refractivity contribution in [3.63, 3.8) is 0 Å². The third-order valence-corrected chi connectivity index (χ3v) is 2.01. The summed E-state index contributed by atoms with van der Waals surface area (Å²) in [5, 5.41) is 13.3. The molecule has 0 saturated carbocycles. The SMILES string of the molecule is CC#CCCNc1ccc2n[nH]c(=O)n2n1. The monoisotopic (exact) mass is 217 g/mol. The highest BCUT2D eigenvalue weighted by atomic mass is 16.2. The number of anilines is 1. The molecule has 2 rings (SSSR count). The van der Waals surface area contributed by atoms with Gasteiger partial charge in [-0.3, -0.25) is 0 Å². The number of H-pyrrole nitrogens is 1. The third kappa shape index (κ3) is 2.03. The predicted octanol–water partition coefficient (Wildman–Crippen LogP) is 0.243. The molecular weight excluding hydrogens is 206 g/mol. The number of aromatic amines is 1. The number of rotatable bonds is 3. The Morgan fingerprint density at radius 1 is 1.56 bits per heavy atom. The molecule has 2 N–H and O–H groups in total. The van der Waals surface area contributed by atoms with Crippen molar-refractivity contribution >= 4 is 11.5 Å². The summed E-state index contributed by atoms with van der Waals surface area (Å²) < 4.78 is 1.22. The molecule has 0 unspecified atom stereocenters. The highest BCUT2D eigenvalue weighted by Crippen LogP contribution is 2.02. The van der Waals surface area contributed by atoms with Crippen LogP contribution >= 0.6 is 0 Å². The molecule has 0 spiro atoms. The quantitative estimate of drug-likeness (QED) is 0.570. The van der Waals surface area contributed by atoms with E-state index in [2.05, 4.69) is 32.5 Å². The topological polar surface area (TPSA) is 75.1 Å². The van der Waals surface area contributed by atoms with Gasteiger partial charge in [-0.2, -0.15) is 9.61 Å². The summed E-state index contributed by atoms with van der Waals surface area (Å²) in [4.78, 5) is 11.2. The Morgan fingerprint density at radius 2 is 2.44 bits per heavy atom. The van der Waals surface area contributed by atoms with Crippen molar-refractivity contribution < 1.29 is 0 Å². The van der Waals surface area contributed by atoms with E-state index in [4.69, 9.17) is 0 Å². The van der Waals surface area contributed by atoms with E-state index in [9.17, 15) is 4.79 Å². The average molecular weight is 217 g/mol. The molecule has 0 aliphatic rings. The van der Waals surface area contributed by atoms with Gasteiger partial charge in [-0.1, -0.05) is 0 Å². The van der Waals surface area contributed by atoms with E-state index in [0.717, 1.165) is 6.42 Å². The van der Waals surface area contributed by atoms with Crippen molar-refractivity contribution in [3.05, 3.63) is 22.6 Å². The minimum absolute atomic E-state index is 0.341. The molecule has 6 heteroatoms. The van der Waals surface area contributed by atoms with Gasteiger partial charge >= 0.3 is 5.69 Å². The van der Waals surface area contributed by atoms with Crippen molar-refractivity contribution in [1.82, 2.24) is 19.8 Å². The molecule has 0 aliphatic heterocycles. The summed E-state index contributed by atoms with van der Waals surface area (Å²) in [5.74, 6) is 6.38. The Bertz CT molecular complexity index is 601. The molecule has 2 heterocycles. The van der Waals surface area contributed by atoms with Crippen LogP contribution in [0.5, 0.6) is 0 Å². The molecule has 2 aromatic heterocycles. The summed E-state index contributed by atoms with van der Waals surface area (Å²) >= 11 is 0. The van der Waals surface area contributed by atoms with Crippen molar-refractivity contribution in [3.8, 4) is 11.8 Å². The standard InChI is InChI=1S/C10H11N5O/c1-2-3-4-7-11-8-5-6-9-12-13-10(16)15(9)14-8/h5-6H,4,7H2,1H3,(H,11,14)(H,13,16). The molecule has 0 radical (unpaired) electrons. The van der Waals surface area contributed by atoms with Crippen molar-refractivity contribution in [2.24, 2.45) is 0 Å². The van der Waals surface area contributed by atoms with Crippen LogP contribution in [0, 0.1) is 11.8 Å². The van der Waals surface area contributed by atoms with E-state index in [-0.39, 0.29) is 5.69 Å². The lowest BCUT2D eigenvalue weighted by atomic mass is 10.4. The van der Waals surface area contributed by atoms with Gasteiger partial charge in [0.25, 0.3) is 0 Å². The second-order valence-electron chi connectivity index (χ2n) is 3.12. The van der Waals surface area contributed by atoms with Crippen molar-refractivity contribution in [1.29, 1.82) is 0 Å². The summed E-state index contributed by atoms with van der Waals surface area (Å²) in [6.45, 7) is 2.50. The van der Waals surface area contributed by atoms with Gasteiger partial charge in [-0.15, -0.1) is 16.9 Å². The van der Waals surface area contributed by atoms with E-state index in [0.29, 0.717) is 18.0 Å². The van der Waals surface area contributed by atoms with Crippen LogP contribution in [0.15, 0.2) is 16.9 Å². The Morgan fingerprint density at radius 3 is 3.25 bits per heavy atom. The van der Waals surface area contributed by atoms with Gasteiger partial charge in [0.1, 0.15) is 5.82 Å². The molecule has 82 valence electrons. The predicted molar refractivity (Wildman–Crippen MR) is 60.2 cm³/mol. The molecule has 0 aromatic carbocycles. The minimum atomic E-state index is -0.341. The van der Waals surface area contributed by atoms with E-state index < -0.39 is 0 Å². The smallest absolute Gasteiger partial charge is 0.364 e. The lowest BCUT2D eigenvalue weighted by Gasteiger charge is -2.01. The minimum Gasteiger partial charge on any atom is -0.368 e. The summed E-state index contributed by atoms with van der Waals surface area (Å²) in [5.41, 5.74) is 0.163. The fourth-order valence-corrected chi connectivity index (χ4v) is 1.28. The van der Waals surface area contributed by atoms with E-state index >= 15 is 0 Å². The molecule has 0 amide bonds. The maximum Gasteiger partial charge on any atom is 0.364 e. The molecular formula is C10H11N5O. The van der Waals surface area contributed by atoms with Crippen molar-refractivity contribution in [2.75, 3.05) is 11.9 Å². The second-order valence-corrected chi connectivity index (χ2v) is 3.12. The van der Waals surface area contributed by atoms with Gasteiger partial charge in [0.15, 0.2) is 5.65 Å². The van der Waals surface area contributed by atoms with Crippen LogP contribution in [0.1, 0.15) is 13.3 Å². The second kappa shape index (κ2) is 4.49. The van der Waals surface area contributed by atoms with Crippen LogP contribution in [0.2, 0.25) is 0 Å². The highest BCUT2D eigenvalue weighted by Gasteiger charge is 2.01. The molecule has 6 nitrogen and oxygen atoms in total. The van der Waals surface area contributed by atoms with E-state index in [1.807, 2.05) is 0 Å². The normalized spacial score (nSPS) is 9.81. The maximum absolute atomic E-state index is 11.2. The Labute approximate surface area is 91.7 Å². The molecule has 16 heavy (non-hydrogen) atoms. The maximum atomic E-state index is 11.2. The lowest BCUT2D eigenvalue weighted by Crippen LogP contribution is -2.14. The van der Waals surface area contributed by atoms with Crippen LogP contribution < -0.4 is 11.0 Å². The molecule has 0 atom stereocenters. The molecule has 0 bridgehead atoms. The lowest BCUT2D eigenvalue weighted by molar-refractivity contribution is 0.875. The zero-order valence-corrected chi connectivity index (χ0v) is 8.82. The van der Waals surface area contributed by atoms with Gasteiger partial charge in [-0.25, -0.2) is 9.89 Å². The zero-order chi connectivity index (χ0) is 11.4. The first kappa shape index (κ1) is 10.2. The Balaban J connectivity index is 2.15. The number of aromatic nitrogens is 4. The van der Waals surface area contributed by atoms with Gasteiger partial charge in [0.2, 0.25) is 0 Å². The fourth-order valence-electron chi connectivity index (χ4n) is 1.28. The molecule has 2 aromatic rings. The fraction of sp³-hybridized carbons (Fsp3) is 0.300. The van der Waals surface area contributed by atoms with Crippen molar-refractivity contribution in [2.45, 2.75) is 13.3 Å².